The number of likely N-dealkylation sites (tertiary alicyclic amines) is 1. The molecule has 0 bridgehead atoms. The number of nitrogens with zero attached hydrogens (tertiary/aromatic N) is 2. The van der Waals surface area contributed by atoms with Crippen LogP contribution >= 0.6 is 0 Å². The van der Waals surface area contributed by atoms with Crippen LogP contribution in [0, 0.1) is 16.7 Å². The lowest BCUT2D eigenvalue weighted by atomic mass is 9.79. The summed E-state index contributed by atoms with van der Waals surface area (Å²) in [5.74, 6) is 0. The van der Waals surface area contributed by atoms with E-state index in [0.29, 0.717) is 13.1 Å². The van der Waals surface area contributed by atoms with Crippen molar-refractivity contribution in [3.63, 3.8) is 0 Å². The minimum atomic E-state index is -0.476. The maximum Gasteiger partial charge on any atom is 0.410 e. The average molecular weight is 238 g/mol. The van der Waals surface area contributed by atoms with E-state index in [9.17, 15) is 10.1 Å². The molecule has 1 heterocycles. The summed E-state index contributed by atoms with van der Waals surface area (Å²) in [4.78, 5) is 13.6. The second kappa shape index (κ2) is 4.95. The van der Waals surface area contributed by atoms with Gasteiger partial charge in [-0.25, -0.2) is 4.79 Å². The van der Waals surface area contributed by atoms with Crippen molar-refractivity contribution in [1.82, 2.24) is 4.90 Å². The van der Waals surface area contributed by atoms with Gasteiger partial charge in [-0.05, 0) is 40.0 Å². The van der Waals surface area contributed by atoms with Gasteiger partial charge in [0.05, 0.1) is 11.5 Å². The van der Waals surface area contributed by atoms with Crippen LogP contribution in [0.3, 0.4) is 0 Å². The summed E-state index contributed by atoms with van der Waals surface area (Å²) >= 11 is 0. The highest BCUT2D eigenvalue weighted by molar-refractivity contribution is 5.68. The number of amides is 1. The zero-order valence-corrected chi connectivity index (χ0v) is 11.2. The molecule has 0 saturated carbocycles. The molecule has 0 N–H and O–H groups in total. The Hall–Kier alpha value is -1.24. The summed E-state index contributed by atoms with van der Waals surface area (Å²) in [5.41, 5.74) is -0.856. The lowest BCUT2D eigenvalue weighted by Crippen LogP contribution is -2.47. The molecular formula is C13H22N2O2. The van der Waals surface area contributed by atoms with E-state index >= 15 is 0 Å². The zero-order chi connectivity index (χ0) is 13.1. The fraction of sp³-hybridized carbons (Fsp3) is 0.846. The van der Waals surface area contributed by atoms with Gasteiger partial charge in [0.2, 0.25) is 0 Å². The highest BCUT2D eigenvalue weighted by Gasteiger charge is 2.37. The summed E-state index contributed by atoms with van der Waals surface area (Å²) < 4.78 is 5.34. The molecule has 1 fully saturated rings. The van der Waals surface area contributed by atoms with Gasteiger partial charge in [0, 0.05) is 13.1 Å². The number of carbonyl (C=O) groups is 1. The number of carbonyl (C=O) groups excluding carboxylic acids is 1. The number of hydrogen-bond acceptors (Lipinski definition) is 3. The first-order valence-electron chi connectivity index (χ1n) is 6.21. The Kier molecular flexibility index (Phi) is 4.03. The smallest absolute Gasteiger partial charge is 0.410 e. The molecule has 0 aliphatic carbocycles. The maximum absolute atomic E-state index is 11.9. The van der Waals surface area contributed by atoms with E-state index in [2.05, 4.69) is 6.07 Å². The molecule has 0 aromatic rings. The molecular weight excluding hydrogens is 216 g/mol. The van der Waals surface area contributed by atoms with Crippen molar-refractivity contribution in [3.05, 3.63) is 0 Å². The minimum absolute atomic E-state index is 0.301. The highest BCUT2D eigenvalue weighted by Crippen LogP contribution is 2.33. The Morgan fingerprint density at radius 3 is 2.65 bits per heavy atom. The van der Waals surface area contributed by atoms with Crippen LogP contribution in [0.4, 0.5) is 4.79 Å². The predicted molar refractivity (Wildman–Crippen MR) is 65.4 cm³/mol. The number of rotatable bonds is 1. The third-order valence-corrected chi connectivity index (χ3v) is 3.14. The van der Waals surface area contributed by atoms with E-state index in [4.69, 9.17) is 4.74 Å². The van der Waals surface area contributed by atoms with E-state index in [1.165, 1.54) is 0 Å². The molecule has 1 aliphatic rings. The molecule has 1 aliphatic heterocycles. The molecule has 4 heteroatoms. The predicted octanol–water partition coefficient (Wildman–Crippen LogP) is 2.94. The summed E-state index contributed by atoms with van der Waals surface area (Å²) in [6, 6.07) is 2.37. The second-order valence-electron chi connectivity index (χ2n) is 5.75. The first kappa shape index (κ1) is 13.8. The van der Waals surface area contributed by atoms with Crippen molar-refractivity contribution in [3.8, 4) is 6.07 Å². The average Bonchev–Trinajstić information content (AvgIpc) is 2.27. The third kappa shape index (κ3) is 3.62. The van der Waals surface area contributed by atoms with Gasteiger partial charge in [0.15, 0.2) is 0 Å². The van der Waals surface area contributed by atoms with Gasteiger partial charge in [-0.15, -0.1) is 0 Å². The second-order valence-corrected chi connectivity index (χ2v) is 5.75. The Morgan fingerprint density at radius 1 is 1.53 bits per heavy atom. The SMILES string of the molecule is CCC1(C#N)CCCN(C(=O)OC(C)(C)C)C1. The topological polar surface area (TPSA) is 53.3 Å². The van der Waals surface area contributed by atoms with Gasteiger partial charge >= 0.3 is 6.09 Å². The van der Waals surface area contributed by atoms with Crippen LogP contribution < -0.4 is 0 Å². The Balaban J connectivity index is 2.68. The molecule has 17 heavy (non-hydrogen) atoms. The lowest BCUT2D eigenvalue weighted by molar-refractivity contribution is 0.0108. The van der Waals surface area contributed by atoms with Gasteiger partial charge in [0.1, 0.15) is 5.60 Å². The van der Waals surface area contributed by atoms with Crippen LogP contribution in [-0.2, 0) is 4.74 Å². The van der Waals surface area contributed by atoms with Crippen molar-refractivity contribution in [1.29, 1.82) is 5.26 Å². The Labute approximate surface area is 104 Å². The number of ether oxygens (including phenoxy) is 1. The molecule has 4 nitrogen and oxygen atoms in total. The van der Waals surface area contributed by atoms with E-state index < -0.39 is 5.60 Å². The maximum atomic E-state index is 11.9. The van der Waals surface area contributed by atoms with Crippen molar-refractivity contribution < 1.29 is 9.53 Å². The molecule has 1 atom stereocenters. The van der Waals surface area contributed by atoms with Crippen molar-refractivity contribution in [2.75, 3.05) is 13.1 Å². The van der Waals surface area contributed by atoms with Gasteiger partial charge in [0.25, 0.3) is 0 Å². The molecule has 1 rings (SSSR count). The largest absolute Gasteiger partial charge is 0.444 e. The monoisotopic (exact) mass is 238 g/mol. The van der Waals surface area contributed by atoms with Crippen molar-refractivity contribution >= 4 is 6.09 Å². The number of hydrogen-bond donors (Lipinski definition) is 0. The van der Waals surface area contributed by atoms with Crippen molar-refractivity contribution in [2.24, 2.45) is 5.41 Å². The molecule has 0 aromatic carbocycles. The summed E-state index contributed by atoms with van der Waals surface area (Å²) in [7, 11) is 0. The first-order valence-corrected chi connectivity index (χ1v) is 6.21. The quantitative estimate of drug-likeness (QED) is 0.705. The fourth-order valence-corrected chi connectivity index (χ4v) is 2.07. The molecule has 0 radical (unpaired) electrons. The van der Waals surface area contributed by atoms with Crippen LogP contribution in [0.15, 0.2) is 0 Å². The summed E-state index contributed by atoms with van der Waals surface area (Å²) in [6.07, 6.45) is 2.23. The van der Waals surface area contributed by atoms with Crippen LogP contribution in [0.2, 0.25) is 0 Å². The minimum Gasteiger partial charge on any atom is -0.444 e. The zero-order valence-electron chi connectivity index (χ0n) is 11.2. The van der Waals surface area contributed by atoms with E-state index in [0.717, 1.165) is 19.3 Å². The molecule has 0 spiro atoms. The van der Waals surface area contributed by atoms with Gasteiger partial charge < -0.3 is 9.64 Å². The standard InChI is InChI=1S/C13H22N2O2/c1-5-13(9-14)7-6-8-15(10-13)11(16)17-12(2,3)4/h5-8,10H2,1-4H3. The van der Waals surface area contributed by atoms with E-state index in [-0.39, 0.29) is 11.5 Å². The normalized spacial score (nSPS) is 25.2. The Morgan fingerprint density at radius 2 is 2.18 bits per heavy atom. The lowest BCUT2D eigenvalue weighted by Gasteiger charge is -2.38. The number of piperidine rings is 1. The molecule has 1 saturated heterocycles. The fourth-order valence-electron chi connectivity index (χ4n) is 2.07. The van der Waals surface area contributed by atoms with Gasteiger partial charge in [-0.2, -0.15) is 5.26 Å². The van der Waals surface area contributed by atoms with Crippen molar-refractivity contribution in [2.45, 2.75) is 52.6 Å². The van der Waals surface area contributed by atoms with E-state index in [1.54, 1.807) is 4.90 Å². The van der Waals surface area contributed by atoms with E-state index in [1.807, 2.05) is 27.7 Å². The summed E-state index contributed by atoms with van der Waals surface area (Å²) in [5, 5.41) is 9.24. The first-order chi connectivity index (χ1) is 7.82. The summed E-state index contributed by atoms with van der Waals surface area (Å²) in [6.45, 7) is 8.75. The van der Waals surface area contributed by atoms with Gasteiger partial charge in [-0.3, -0.25) is 0 Å². The molecule has 1 unspecified atom stereocenters. The Bertz CT molecular complexity index is 327. The third-order valence-electron chi connectivity index (χ3n) is 3.14. The van der Waals surface area contributed by atoms with Crippen LogP contribution in [0.25, 0.3) is 0 Å². The van der Waals surface area contributed by atoms with Crippen LogP contribution in [-0.4, -0.2) is 29.7 Å². The van der Waals surface area contributed by atoms with Crippen LogP contribution in [0.5, 0.6) is 0 Å². The van der Waals surface area contributed by atoms with Gasteiger partial charge in [-0.1, -0.05) is 6.92 Å². The molecule has 1 amide bonds. The molecule has 0 aromatic heterocycles. The van der Waals surface area contributed by atoms with Crippen LogP contribution in [0.1, 0.15) is 47.0 Å². The number of nitriles is 1. The molecule has 96 valence electrons. The highest BCUT2D eigenvalue weighted by atomic mass is 16.6.